The lowest BCUT2D eigenvalue weighted by molar-refractivity contribution is -0.184. The molecule has 4 heteroatoms. The summed E-state index contributed by atoms with van der Waals surface area (Å²) >= 11 is 0. The summed E-state index contributed by atoms with van der Waals surface area (Å²) in [7, 11) is 0. The van der Waals surface area contributed by atoms with Gasteiger partial charge in [0.25, 0.3) is 0 Å². The Balaban J connectivity index is 1.20. The molecule has 1 saturated carbocycles. The predicted octanol–water partition coefficient (Wildman–Crippen LogP) is 2.20. The van der Waals surface area contributed by atoms with Crippen LogP contribution in [0.15, 0.2) is 30.3 Å². The van der Waals surface area contributed by atoms with E-state index in [2.05, 4.69) is 34.5 Å². The zero-order valence-electron chi connectivity index (χ0n) is 14.9. The van der Waals surface area contributed by atoms with Crippen molar-refractivity contribution in [1.29, 1.82) is 0 Å². The third-order valence-corrected chi connectivity index (χ3v) is 7.16. The zero-order valence-corrected chi connectivity index (χ0v) is 14.9. The lowest BCUT2D eigenvalue weighted by Gasteiger charge is -2.48. The van der Waals surface area contributed by atoms with E-state index in [1.165, 1.54) is 25.2 Å². The van der Waals surface area contributed by atoms with E-state index in [1.807, 2.05) is 6.07 Å². The molecule has 1 spiro atoms. The normalized spacial score (nSPS) is 40.1. The van der Waals surface area contributed by atoms with Crippen LogP contribution in [-0.2, 0) is 4.74 Å². The molecule has 0 bridgehead atoms. The van der Waals surface area contributed by atoms with Crippen LogP contribution in [0.1, 0.15) is 37.4 Å². The number of likely N-dealkylation sites (tertiary alicyclic amines) is 1. The van der Waals surface area contributed by atoms with Crippen molar-refractivity contribution in [1.82, 2.24) is 10.2 Å². The minimum atomic E-state index is -0.237. The first-order valence-corrected chi connectivity index (χ1v) is 10.1. The molecule has 0 amide bonds. The Hall–Kier alpha value is -0.940. The van der Waals surface area contributed by atoms with Gasteiger partial charge in [-0.2, -0.15) is 0 Å². The Kier molecular flexibility index (Phi) is 4.12. The molecule has 1 unspecified atom stereocenters. The van der Waals surface area contributed by atoms with Crippen LogP contribution in [0.4, 0.5) is 0 Å². The van der Waals surface area contributed by atoms with Gasteiger partial charge >= 0.3 is 0 Å². The van der Waals surface area contributed by atoms with Crippen molar-refractivity contribution in [3.8, 4) is 0 Å². The van der Waals surface area contributed by atoms with Crippen LogP contribution in [0, 0.1) is 17.8 Å². The summed E-state index contributed by atoms with van der Waals surface area (Å²) < 4.78 is 6.62. The maximum absolute atomic E-state index is 10.5. The molecule has 4 fully saturated rings. The van der Waals surface area contributed by atoms with Crippen molar-refractivity contribution in [2.45, 2.75) is 43.5 Å². The van der Waals surface area contributed by atoms with Crippen LogP contribution in [-0.4, -0.2) is 54.4 Å². The molecule has 25 heavy (non-hydrogen) atoms. The highest BCUT2D eigenvalue weighted by molar-refractivity contribution is 5.19. The highest BCUT2D eigenvalue weighted by Gasteiger charge is 2.53. The van der Waals surface area contributed by atoms with E-state index < -0.39 is 0 Å². The highest BCUT2D eigenvalue weighted by Crippen LogP contribution is 2.50. The van der Waals surface area contributed by atoms with Crippen LogP contribution >= 0.6 is 0 Å². The summed E-state index contributed by atoms with van der Waals surface area (Å²) in [5.41, 5.74) is 1.09. The van der Waals surface area contributed by atoms with Gasteiger partial charge < -0.3 is 20.1 Å². The third-order valence-electron chi connectivity index (χ3n) is 7.16. The van der Waals surface area contributed by atoms with Crippen molar-refractivity contribution in [2.75, 3.05) is 32.7 Å². The van der Waals surface area contributed by atoms with Crippen molar-refractivity contribution in [3.63, 3.8) is 0 Å². The first-order chi connectivity index (χ1) is 12.2. The number of rotatable bonds is 3. The Morgan fingerprint density at radius 2 is 1.84 bits per heavy atom. The number of nitrogens with zero attached hydrogens (tertiary/aromatic N) is 1. The second-order valence-electron chi connectivity index (χ2n) is 8.74. The lowest BCUT2D eigenvalue weighted by atomic mass is 9.81. The third kappa shape index (κ3) is 3.14. The van der Waals surface area contributed by atoms with Gasteiger partial charge in [0.15, 0.2) is 0 Å². The van der Waals surface area contributed by atoms with Crippen molar-refractivity contribution >= 4 is 0 Å². The maximum Gasteiger partial charge on any atom is 0.0857 e. The van der Waals surface area contributed by atoms with Crippen LogP contribution in [0.3, 0.4) is 0 Å². The summed E-state index contributed by atoms with van der Waals surface area (Å²) in [6.45, 7) is 6.00. The molecule has 1 aliphatic carbocycles. The van der Waals surface area contributed by atoms with Crippen LogP contribution in [0.5, 0.6) is 0 Å². The molecular weight excluding hydrogens is 312 g/mol. The number of fused-ring (bicyclic) bond motifs is 1. The Bertz CT molecular complexity index is 589. The maximum atomic E-state index is 10.5. The standard InChI is InChI=1S/C21H30N2O2/c24-16-10-20(15-4-2-1-3-5-15)25-21(11-16)6-8-23(9-7-21)14-19-17-12-22-13-18(17)19/h1-5,16-20,22,24H,6-14H2/t16-,17-,18+,19?,20-/m1/s1. The number of aliphatic hydroxyl groups is 1. The van der Waals surface area contributed by atoms with Gasteiger partial charge in [-0.05, 0) is 49.2 Å². The Morgan fingerprint density at radius 3 is 2.56 bits per heavy atom. The Morgan fingerprint density at radius 1 is 1.12 bits per heavy atom. The summed E-state index contributed by atoms with van der Waals surface area (Å²) in [6.07, 6.45) is 3.47. The molecule has 0 radical (unpaired) electrons. The van der Waals surface area contributed by atoms with Gasteiger partial charge in [0, 0.05) is 32.5 Å². The molecule has 4 aliphatic rings. The Labute approximate surface area is 150 Å². The van der Waals surface area contributed by atoms with Gasteiger partial charge in [-0.1, -0.05) is 30.3 Å². The first-order valence-electron chi connectivity index (χ1n) is 10.1. The van der Waals surface area contributed by atoms with Crippen molar-refractivity contribution in [3.05, 3.63) is 35.9 Å². The number of ether oxygens (including phenoxy) is 1. The zero-order chi connectivity index (χ0) is 16.9. The van der Waals surface area contributed by atoms with E-state index in [4.69, 9.17) is 4.74 Å². The smallest absolute Gasteiger partial charge is 0.0857 e. The van der Waals surface area contributed by atoms with E-state index in [9.17, 15) is 5.11 Å². The van der Waals surface area contributed by atoms with E-state index in [-0.39, 0.29) is 17.8 Å². The molecule has 2 N–H and O–H groups in total. The van der Waals surface area contributed by atoms with Crippen LogP contribution in [0.2, 0.25) is 0 Å². The highest BCUT2D eigenvalue weighted by atomic mass is 16.5. The van der Waals surface area contributed by atoms with Gasteiger partial charge in [-0.15, -0.1) is 0 Å². The number of aliphatic hydroxyl groups excluding tert-OH is 1. The number of nitrogens with one attached hydrogen (secondary N) is 1. The van der Waals surface area contributed by atoms with E-state index >= 15 is 0 Å². The van der Waals surface area contributed by atoms with Crippen molar-refractivity contribution in [2.24, 2.45) is 17.8 Å². The molecule has 4 nitrogen and oxygen atoms in total. The molecular formula is C21H30N2O2. The molecule has 136 valence electrons. The lowest BCUT2D eigenvalue weighted by Crippen LogP contribution is -2.51. The fraction of sp³-hybridized carbons (Fsp3) is 0.714. The van der Waals surface area contributed by atoms with E-state index in [0.717, 1.165) is 56.5 Å². The molecule has 3 heterocycles. The largest absolute Gasteiger partial charge is 0.393 e. The van der Waals surface area contributed by atoms with Gasteiger partial charge in [-0.25, -0.2) is 0 Å². The molecule has 1 aromatic carbocycles. The summed E-state index contributed by atoms with van der Waals surface area (Å²) in [5, 5.41) is 14.0. The first kappa shape index (κ1) is 16.2. The summed E-state index contributed by atoms with van der Waals surface area (Å²) in [5.74, 6) is 2.84. The molecule has 0 aromatic heterocycles. The molecule has 3 aliphatic heterocycles. The average molecular weight is 342 g/mol. The second kappa shape index (κ2) is 6.34. The molecule has 1 aromatic rings. The monoisotopic (exact) mass is 342 g/mol. The minimum absolute atomic E-state index is 0.0466. The number of hydrogen-bond acceptors (Lipinski definition) is 4. The van der Waals surface area contributed by atoms with Gasteiger partial charge in [0.2, 0.25) is 0 Å². The topological polar surface area (TPSA) is 44.7 Å². The van der Waals surface area contributed by atoms with Crippen LogP contribution < -0.4 is 5.32 Å². The fourth-order valence-corrected chi connectivity index (χ4v) is 5.61. The molecule has 5 atom stereocenters. The number of benzene rings is 1. The van der Waals surface area contributed by atoms with E-state index in [1.54, 1.807) is 0 Å². The molecule has 3 saturated heterocycles. The number of piperidine rings is 2. The summed E-state index contributed by atoms with van der Waals surface area (Å²) in [4.78, 5) is 2.65. The SMILES string of the molecule is O[C@@H]1C[C@H](c2ccccc2)OC2(CCN(CC3[C@H]4CNC[C@@H]34)CC2)C1. The quantitative estimate of drug-likeness (QED) is 0.884. The predicted molar refractivity (Wildman–Crippen MR) is 97.3 cm³/mol. The number of hydrogen-bond donors (Lipinski definition) is 2. The van der Waals surface area contributed by atoms with Gasteiger partial charge in [-0.3, -0.25) is 0 Å². The van der Waals surface area contributed by atoms with Crippen LogP contribution in [0.25, 0.3) is 0 Å². The second-order valence-corrected chi connectivity index (χ2v) is 8.74. The minimum Gasteiger partial charge on any atom is -0.393 e. The van der Waals surface area contributed by atoms with Crippen molar-refractivity contribution < 1.29 is 9.84 Å². The van der Waals surface area contributed by atoms with Gasteiger partial charge in [0.1, 0.15) is 0 Å². The molecule has 5 rings (SSSR count). The summed E-state index contributed by atoms with van der Waals surface area (Å²) in [6, 6.07) is 10.4. The fourth-order valence-electron chi connectivity index (χ4n) is 5.61. The van der Waals surface area contributed by atoms with Gasteiger partial charge in [0.05, 0.1) is 17.8 Å². The van der Waals surface area contributed by atoms with E-state index in [0.29, 0.717) is 0 Å². The average Bonchev–Trinajstić information content (AvgIpc) is 3.04.